The van der Waals surface area contributed by atoms with Gasteiger partial charge in [0.2, 0.25) is 10.0 Å². The number of benzene rings is 3. The number of nitrogens with zero attached hydrogens (tertiary/aromatic N) is 2. The average Bonchev–Trinajstić information content (AvgIpc) is 2.92. The van der Waals surface area contributed by atoms with Crippen LogP contribution in [0.15, 0.2) is 77.7 Å². The number of rotatable bonds is 6. The number of piperazine rings is 1. The number of carbonyl (C=O) groups excluding carboxylic acids is 1. The molecule has 0 N–H and O–H groups in total. The van der Waals surface area contributed by atoms with Crippen molar-refractivity contribution in [1.82, 2.24) is 9.21 Å². The fourth-order valence-corrected chi connectivity index (χ4v) is 5.56. The third kappa shape index (κ3) is 5.11. The number of sulfonamides is 1. The predicted octanol–water partition coefficient (Wildman–Crippen LogP) is 3.04. The van der Waals surface area contributed by atoms with Crippen LogP contribution in [-0.2, 0) is 14.8 Å². The molecular formula is C26H26N2O6S. The highest BCUT2D eigenvalue weighted by molar-refractivity contribution is 7.89. The van der Waals surface area contributed by atoms with Crippen LogP contribution in [0.2, 0.25) is 0 Å². The molecule has 0 unspecified atom stereocenters. The van der Waals surface area contributed by atoms with E-state index in [1.165, 1.54) is 16.4 Å². The minimum atomic E-state index is -3.70. The maximum absolute atomic E-state index is 13.1. The molecule has 2 aliphatic heterocycles. The third-order valence-electron chi connectivity index (χ3n) is 6.07. The quantitative estimate of drug-likeness (QED) is 0.524. The summed E-state index contributed by atoms with van der Waals surface area (Å²) < 4.78 is 44.2. The lowest BCUT2D eigenvalue weighted by molar-refractivity contribution is -0.134. The molecule has 0 aromatic heterocycles. The first kappa shape index (κ1) is 23.2. The van der Waals surface area contributed by atoms with Crippen LogP contribution in [0.5, 0.6) is 17.2 Å². The maximum atomic E-state index is 13.1. The van der Waals surface area contributed by atoms with Crippen molar-refractivity contribution in [2.24, 2.45) is 0 Å². The normalized spacial score (nSPS) is 16.1. The minimum absolute atomic E-state index is 0.0976. The monoisotopic (exact) mass is 494 g/mol. The number of hydrogen-bond donors (Lipinski definition) is 0. The molecule has 0 saturated carbocycles. The third-order valence-corrected chi connectivity index (χ3v) is 7.96. The van der Waals surface area contributed by atoms with Crippen molar-refractivity contribution in [3.63, 3.8) is 0 Å². The molecule has 9 heteroatoms. The number of amides is 1. The van der Waals surface area contributed by atoms with Crippen molar-refractivity contribution in [3.8, 4) is 28.4 Å². The molecule has 0 atom stereocenters. The summed E-state index contributed by atoms with van der Waals surface area (Å²) >= 11 is 0. The highest BCUT2D eigenvalue weighted by atomic mass is 32.2. The van der Waals surface area contributed by atoms with Crippen LogP contribution < -0.4 is 14.2 Å². The van der Waals surface area contributed by atoms with Gasteiger partial charge in [-0.3, -0.25) is 4.79 Å². The van der Waals surface area contributed by atoms with Gasteiger partial charge >= 0.3 is 0 Å². The van der Waals surface area contributed by atoms with Gasteiger partial charge in [-0.25, -0.2) is 8.42 Å². The molecular weight excluding hydrogens is 468 g/mol. The summed E-state index contributed by atoms with van der Waals surface area (Å²) in [5, 5.41) is 0. The number of ether oxygens (including phenoxy) is 3. The second-order valence-electron chi connectivity index (χ2n) is 8.27. The fraction of sp³-hybridized carbons (Fsp3) is 0.269. The predicted molar refractivity (Wildman–Crippen MR) is 130 cm³/mol. The SMILES string of the molecule is O=C(COc1ccc(-c2ccccc2)cc1)N1CCN(S(=O)(=O)c2ccc3c(c2)OCCO3)CC1. The van der Waals surface area contributed by atoms with Crippen LogP contribution in [0.1, 0.15) is 0 Å². The lowest BCUT2D eigenvalue weighted by Gasteiger charge is -2.34. The average molecular weight is 495 g/mol. The molecule has 5 rings (SSSR count). The first-order valence-corrected chi connectivity index (χ1v) is 12.9. The molecule has 3 aromatic rings. The van der Waals surface area contributed by atoms with Crippen molar-refractivity contribution in [3.05, 3.63) is 72.8 Å². The Balaban J connectivity index is 1.14. The second-order valence-corrected chi connectivity index (χ2v) is 10.2. The summed E-state index contributed by atoms with van der Waals surface area (Å²) in [6.07, 6.45) is 0. The van der Waals surface area contributed by atoms with E-state index >= 15 is 0 Å². The molecule has 0 radical (unpaired) electrons. The van der Waals surface area contributed by atoms with Crippen molar-refractivity contribution in [1.29, 1.82) is 0 Å². The molecule has 2 heterocycles. The zero-order valence-corrected chi connectivity index (χ0v) is 19.9. The molecule has 1 fully saturated rings. The Morgan fingerprint density at radius 3 is 2.17 bits per heavy atom. The highest BCUT2D eigenvalue weighted by Gasteiger charge is 2.31. The molecule has 35 heavy (non-hydrogen) atoms. The van der Waals surface area contributed by atoms with Crippen LogP contribution in [-0.4, -0.2) is 69.5 Å². The van der Waals surface area contributed by atoms with Gasteiger partial charge in [0.15, 0.2) is 18.1 Å². The van der Waals surface area contributed by atoms with Gasteiger partial charge in [-0.05, 0) is 35.4 Å². The zero-order chi connectivity index (χ0) is 24.3. The number of carbonyl (C=O) groups is 1. The van der Waals surface area contributed by atoms with Crippen LogP contribution in [0.4, 0.5) is 0 Å². The van der Waals surface area contributed by atoms with Crippen LogP contribution >= 0.6 is 0 Å². The van der Waals surface area contributed by atoms with Gasteiger partial charge in [-0.2, -0.15) is 4.31 Å². The van der Waals surface area contributed by atoms with E-state index in [2.05, 4.69) is 0 Å². The van der Waals surface area contributed by atoms with Gasteiger partial charge in [-0.1, -0.05) is 42.5 Å². The van der Waals surface area contributed by atoms with Gasteiger partial charge in [-0.15, -0.1) is 0 Å². The zero-order valence-electron chi connectivity index (χ0n) is 19.1. The van der Waals surface area contributed by atoms with Gasteiger partial charge in [0.25, 0.3) is 5.91 Å². The van der Waals surface area contributed by atoms with E-state index in [9.17, 15) is 13.2 Å². The van der Waals surface area contributed by atoms with Gasteiger partial charge < -0.3 is 19.1 Å². The molecule has 1 amide bonds. The molecule has 0 spiro atoms. The first-order valence-electron chi connectivity index (χ1n) is 11.5. The first-order chi connectivity index (χ1) is 17.0. The summed E-state index contributed by atoms with van der Waals surface area (Å²) in [5.74, 6) is 1.41. The molecule has 8 nitrogen and oxygen atoms in total. The Morgan fingerprint density at radius 1 is 0.800 bits per heavy atom. The van der Waals surface area contributed by atoms with E-state index < -0.39 is 10.0 Å². The van der Waals surface area contributed by atoms with Crippen molar-refractivity contribution in [2.45, 2.75) is 4.90 Å². The summed E-state index contributed by atoms with van der Waals surface area (Å²) in [4.78, 5) is 14.4. The molecule has 182 valence electrons. The second kappa shape index (κ2) is 9.97. The number of hydrogen-bond acceptors (Lipinski definition) is 6. The van der Waals surface area contributed by atoms with Crippen LogP contribution in [0.3, 0.4) is 0 Å². The molecule has 0 aliphatic carbocycles. The lowest BCUT2D eigenvalue weighted by atomic mass is 10.1. The van der Waals surface area contributed by atoms with E-state index in [0.717, 1.165) is 11.1 Å². The number of fused-ring (bicyclic) bond motifs is 1. The summed E-state index contributed by atoms with van der Waals surface area (Å²) in [6, 6.07) is 22.2. The Morgan fingerprint density at radius 2 is 1.46 bits per heavy atom. The van der Waals surface area contributed by atoms with Gasteiger partial charge in [0, 0.05) is 32.2 Å². The molecule has 3 aromatic carbocycles. The summed E-state index contributed by atoms with van der Waals surface area (Å²) in [5.41, 5.74) is 2.18. The van der Waals surface area contributed by atoms with E-state index in [4.69, 9.17) is 14.2 Å². The van der Waals surface area contributed by atoms with Crippen molar-refractivity contribution < 1.29 is 27.4 Å². The summed E-state index contributed by atoms with van der Waals surface area (Å²) in [6.45, 7) is 1.77. The van der Waals surface area contributed by atoms with Crippen LogP contribution in [0, 0.1) is 0 Å². The molecule has 2 aliphatic rings. The fourth-order valence-electron chi connectivity index (χ4n) is 4.12. The van der Waals surface area contributed by atoms with E-state index in [-0.39, 0.29) is 30.5 Å². The van der Waals surface area contributed by atoms with Gasteiger partial charge in [0.1, 0.15) is 19.0 Å². The molecule has 0 bridgehead atoms. The van der Waals surface area contributed by atoms with Gasteiger partial charge in [0.05, 0.1) is 4.90 Å². The lowest BCUT2D eigenvalue weighted by Crippen LogP contribution is -2.51. The standard InChI is InChI=1S/C26H26N2O6S/c29-26(19-34-22-8-6-21(7-9-22)20-4-2-1-3-5-20)27-12-14-28(15-13-27)35(30,31)23-10-11-24-25(18-23)33-17-16-32-24/h1-11,18H,12-17,19H2. The van der Waals surface area contributed by atoms with E-state index in [1.807, 2.05) is 54.6 Å². The van der Waals surface area contributed by atoms with Crippen molar-refractivity contribution >= 4 is 15.9 Å². The molecule has 1 saturated heterocycles. The Labute approximate surface area is 204 Å². The van der Waals surface area contributed by atoms with E-state index in [0.29, 0.717) is 43.6 Å². The Kier molecular flexibility index (Phi) is 6.61. The topological polar surface area (TPSA) is 85.4 Å². The summed E-state index contributed by atoms with van der Waals surface area (Å²) in [7, 11) is -3.70. The maximum Gasteiger partial charge on any atom is 0.260 e. The minimum Gasteiger partial charge on any atom is -0.486 e. The highest BCUT2D eigenvalue weighted by Crippen LogP contribution is 2.33. The van der Waals surface area contributed by atoms with E-state index in [1.54, 1.807) is 11.0 Å². The Bertz CT molecular complexity index is 1290. The van der Waals surface area contributed by atoms with Crippen LogP contribution in [0.25, 0.3) is 11.1 Å². The van der Waals surface area contributed by atoms with Crippen molar-refractivity contribution in [2.75, 3.05) is 46.0 Å². The Hall–Kier alpha value is -3.56. The smallest absolute Gasteiger partial charge is 0.260 e. The largest absolute Gasteiger partial charge is 0.486 e.